The molecular formula is C16H15N2O2-. The Morgan fingerprint density at radius 1 is 1.25 bits per heavy atom. The van der Waals surface area contributed by atoms with Crippen LogP contribution in [0.2, 0.25) is 0 Å². The Balaban J connectivity index is 2.02. The number of benzene rings is 2. The van der Waals surface area contributed by atoms with Gasteiger partial charge in [-0.1, -0.05) is 43.3 Å². The van der Waals surface area contributed by atoms with Crippen molar-refractivity contribution in [3.63, 3.8) is 0 Å². The minimum Gasteiger partial charge on any atom is -0.545 e. The van der Waals surface area contributed by atoms with E-state index in [0.717, 1.165) is 12.0 Å². The summed E-state index contributed by atoms with van der Waals surface area (Å²) < 4.78 is 0. The third-order valence-corrected chi connectivity index (χ3v) is 2.89. The number of carbonyl (C=O) groups is 1. The largest absolute Gasteiger partial charge is 0.545 e. The molecule has 0 radical (unpaired) electrons. The highest BCUT2D eigenvalue weighted by molar-refractivity contribution is 5.87. The van der Waals surface area contributed by atoms with E-state index in [4.69, 9.17) is 0 Å². The molecule has 2 aromatic rings. The summed E-state index contributed by atoms with van der Waals surface area (Å²) in [4.78, 5) is 10.7. The van der Waals surface area contributed by atoms with Crippen LogP contribution in [0, 0.1) is 0 Å². The summed E-state index contributed by atoms with van der Waals surface area (Å²) in [5, 5.41) is 14.8. The van der Waals surface area contributed by atoms with Crippen LogP contribution in [-0.4, -0.2) is 12.2 Å². The quantitative estimate of drug-likeness (QED) is 0.666. The highest BCUT2D eigenvalue weighted by Crippen LogP contribution is 2.10. The Hall–Kier alpha value is -2.62. The molecule has 1 N–H and O–H groups in total. The molecule has 0 unspecified atom stereocenters. The van der Waals surface area contributed by atoms with Crippen molar-refractivity contribution in [2.75, 3.05) is 5.43 Å². The van der Waals surface area contributed by atoms with Gasteiger partial charge in [-0.2, -0.15) is 5.10 Å². The third-order valence-electron chi connectivity index (χ3n) is 2.89. The zero-order valence-electron chi connectivity index (χ0n) is 11.2. The van der Waals surface area contributed by atoms with Crippen LogP contribution in [0.15, 0.2) is 53.6 Å². The Morgan fingerprint density at radius 2 is 2.00 bits per heavy atom. The van der Waals surface area contributed by atoms with E-state index >= 15 is 0 Å². The summed E-state index contributed by atoms with van der Waals surface area (Å²) in [7, 11) is 0. The van der Waals surface area contributed by atoms with Crippen LogP contribution in [0.4, 0.5) is 5.69 Å². The number of carboxylic acids is 1. The minimum atomic E-state index is -1.20. The second kappa shape index (κ2) is 6.52. The van der Waals surface area contributed by atoms with Crippen molar-refractivity contribution in [1.82, 2.24) is 0 Å². The first-order valence-corrected chi connectivity index (χ1v) is 6.38. The number of aryl methyl sites for hydroxylation is 1. The monoisotopic (exact) mass is 267 g/mol. The molecule has 4 heteroatoms. The van der Waals surface area contributed by atoms with Gasteiger partial charge in [0.1, 0.15) is 0 Å². The van der Waals surface area contributed by atoms with Crippen LogP contribution in [0.25, 0.3) is 0 Å². The standard InChI is InChI=1S/C16H16N2O2/c1-2-12-6-8-13(9-7-12)11-17-18-15-5-3-4-14(10-15)16(19)20/h3-11,18H,2H2,1H3,(H,19,20)/p-1/b17-11-. The fourth-order valence-corrected chi connectivity index (χ4v) is 1.74. The number of carbonyl (C=O) groups excluding carboxylic acids is 1. The second-order valence-electron chi connectivity index (χ2n) is 4.33. The van der Waals surface area contributed by atoms with Crippen molar-refractivity contribution in [2.45, 2.75) is 13.3 Å². The number of hydrazone groups is 1. The van der Waals surface area contributed by atoms with Crippen molar-refractivity contribution in [1.29, 1.82) is 0 Å². The first-order chi connectivity index (χ1) is 9.69. The van der Waals surface area contributed by atoms with Gasteiger partial charge >= 0.3 is 0 Å². The number of carboxylic acid groups (broad SMARTS) is 1. The molecule has 0 amide bonds. The lowest BCUT2D eigenvalue weighted by Gasteiger charge is -2.05. The van der Waals surface area contributed by atoms with E-state index in [1.165, 1.54) is 17.7 Å². The lowest BCUT2D eigenvalue weighted by Crippen LogP contribution is -2.22. The molecule has 0 heterocycles. The predicted octanol–water partition coefficient (Wildman–Crippen LogP) is 2.06. The van der Waals surface area contributed by atoms with E-state index in [2.05, 4.69) is 29.6 Å². The minimum absolute atomic E-state index is 0.123. The van der Waals surface area contributed by atoms with Crippen LogP contribution < -0.4 is 10.5 Å². The SMILES string of the molecule is CCc1ccc(/C=N\Nc2cccc(C(=O)[O-])c2)cc1. The maximum Gasteiger partial charge on any atom is 0.0716 e. The van der Waals surface area contributed by atoms with Gasteiger partial charge in [-0.15, -0.1) is 0 Å². The average Bonchev–Trinajstić information content (AvgIpc) is 2.48. The zero-order chi connectivity index (χ0) is 14.4. The van der Waals surface area contributed by atoms with Gasteiger partial charge in [-0.25, -0.2) is 0 Å². The number of aromatic carboxylic acids is 1. The van der Waals surface area contributed by atoms with Crippen LogP contribution in [-0.2, 0) is 6.42 Å². The number of hydrogen-bond donors (Lipinski definition) is 1. The summed E-state index contributed by atoms with van der Waals surface area (Å²) in [6.45, 7) is 2.11. The Labute approximate surface area is 117 Å². The molecule has 0 atom stereocenters. The molecule has 102 valence electrons. The number of rotatable bonds is 5. The van der Waals surface area contributed by atoms with E-state index in [1.807, 2.05) is 12.1 Å². The van der Waals surface area contributed by atoms with Gasteiger partial charge in [-0.05, 0) is 35.2 Å². The molecule has 0 aliphatic rings. The smallest absolute Gasteiger partial charge is 0.0716 e. The lowest BCUT2D eigenvalue weighted by atomic mass is 10.1. The van der Waals surface area contributed by atoms with Gasteiger partial charge in [0.05, 0.1) is 17.9 Å². The van der Waals surface area contributed by atoms with Crippen molar-refractivity contribution in [3.8, 4) is 0 Å². The second-order valence-corrected chi connectivity index (χ2v) is 4.33. The van der Waals surface area contributed by atoms with E-state index < -0.39 is 5.97 Å². The molecule has 2 rings (SSSR count). The van der Waals surface area contributed by atoms with Crippen molar-refractivity contribution < 1.29 is 9.90 Å². The fourth-order valence-electron chi connectivity index (χ4n) is 1.74. The Kier molecular flexibility index (Phi) is 4.50. The van der Waals surface area contributed by atoms with Crippen LogP contribution in [0.5, 0.6) is 0 Å². The number of hydrogen-bond acceptors (Lipinski definition) is 4. The Morgan fingerprint density at radius 3 is 2.65 bits per heavy atom. The summed E-state index contributed by atoms with van der Waals surface area (Å²) in [5.41, 5.74) is 5.78. The highest BCUT2D eigenvalue weighted by Gasteiger charge is 1.95. The van der Waals surface area contributed by atoms with Gasteiger partial charge in [-0.3, -0.25) is 5.43 Å². The van der Waals surface area contributed by atoms with Gasteiger partial charge in [0.25, 0.3) is 0 Å². The topological polar surface area (TPSA) is 64.5 Å². The zero-order valence-corrected chi connectivity index (χ0v) is 11.2. The predicted molar refractivity (Wildman–Crippen MR) is 77.8 cm³/mol. The van der Waals surface area contributed by atoms with Crippen LogP contribution in [0.1, 0.15) is 28.4 Å². The third kappa shape index (κ3) is 3.68. The normalized spacial score (nSPS) is 10.7. The number of nitrogens with one attached hydrogen (secondary N) is 1. The van der Waals surface area contributed by atoms with Crippen molar-refractivity contribution in [3.05, 3.63) is 65.2 Å². The fraction of sp³-hybridized carbons (Fsp3) is 0.125. The lowest BCUT2D eigenvalue weighted by molar-refractivity contribution is -0.255. The van der Waals surface area contributed by atoms with Crippen LogP contribution >= 0.6 is 0 Å². The highest BCUT2D eigenvalue weighted by atomic mass is 16.4. The maximum absolute atomic E-state index is 10.7. The molecule has 20 heavy (non-hydrogen) atoms. The summed E-state index contributed by atoms with van der Waals surface area (Å²) in [5.74, 6) is -1.20. The van der Waals surface area contributed by atoms with Crippen molar-refractivity contribution >= 4 is 17.9 Å². The molecule has 0 aliphatic carbocycles. The average molecular weight is 267 g/mol. The molecule has 0 aliphatic heterocycles. The molecule has 0 bridgehead atoms. The number of anilines is 1. The molecule has 0 spiro atoms. The Bertz CT molecular complexity index is 619. The summed E-state index contributed by atoms with van der Waals surface area (Å²) in [6, 6.07) is 14.4. The molecule has 0 aromatic heterocycles. The van der Waals surface area contributed by atoms with Gasteiger partial charge < -0.3 is 9.90 Å². The first-order valence-electron chi connectivity index (χ1n) is 6.38. The molecule has 4 nitrogen and oxygen atoms in total. The van der Waals surface area contributed by atoms with Crippen LogP contribution in [0.3, 0.4) is 0 Å². The maximum atomic E-state index is 10.7. The van der Waals surface area contributed by atoms with Gasteiger partial charge in [0, 0.05) is 0 Å². The summed E-state index contributed by atoms with van der Waals surface area (Å²) in [6.07, 6.45) is 2.69. The van der Waals surface area contributed by atoms with E-state index in [0.29, 0.717) is 5.69 Å². The van der Waals surface area contributed by atoms with E-state index in [1.54, 1.807) is 18.3 Å². The van der Waals surface area contributed by atoms with E-state index in [-0.39, 0.29) is 5.56 Å². The first kappa shape index (κ1) is 13.8. The molecule has 0 saturated carbocycles. The van der Waals surface area contributed by atoms with Crippen molar-refractivity contribution in [2.24, 2.45) is 5.10 Å². The molecule has 2 aromatic carbocycles. The van der Waals surface area contributed by atoms with E-state index in [9.17, 15) is 9.90 Å². The molecule has 0 fully saturated rings. The molecule has 0 saturated heterocycles. The summed E-state index contributed by atoms with van der Waals surface area (Å²) >= 11 is 0. The van der Waals surface area contributed by atoms with Gasteiger partial charge in [0.15, 0.2) is 0 Å². The number of nitrogens with zero attached hydrogens (tertiary/aromatic N) is 1. The van der Waals surface area contributed by atoms with Gasteiger partial charge in [0.2, 0.25) is 0 Å². The molecular weight excluding hydrogens is 252 g/mol.